The second-order valence-electron chi connectivity index (χ2n) is 4.09. The molecule has 0 aliphatic carbocycles. The maximum absolute atomic E-state index is 12.7. The highest BCUT2D eigenvalue weighted by atomic mass is 35.5. The third-order valence-corrected chi connectivity index (χ3v) is 4.37. The largest absolute Gasteiger partial charge is 0.416 e. The first-order valence-corrected chi connectivity index (χ1v) is 6.59. The summed E-state index contributed by atoms with van der Waals surface area (Å²) >= 11 is 7.11. The van der Waals surface area contributed by atoms with Crippen molar-refractivity contribution in [3.63, 3.8) is 0 Å². The van der Waals surface area contributed by atoms with E-state index in [4.69, 9.17) is 16.9 Å². The summed E-state index contributed by atoms with van der Waals surface area (Å²) in [5.41, 5.74) is -0.418. The first kappa shape index (κ1) is 13.2. The Hall–Kier alpha value is -1.84. The molecule has 0 N–H and O–H groups in total. The topological polar surface area (TPSA) is 36.7 Å². The van der Waals surface area contributed by atoms with Crippen LogP contribution in [0.25, 0.3) is 20.2 Å². The van der Waals surface area contributed by atoms with Crippen molar-refractivity contribution < 1.29 is 13.2 Å². The summed E-state index contributed by atoms with van der Waals surface area (Å²) in [5, 5.41) is 10.3. The molecule has 0 bridgehead atoms. The molecule has 3 rings (SSSR count). The summed E-state index contributed by atoms with van der Waals surface area (Å²) < 4.78 is 39.1. The molecule has 2 nitrogen and oxygen atoms in total. The van der Waals surface area contributed by atoms with Gasteiger partial charge in [-0.3, -0.25) is 0 Å². The Morgan fingerprint density at radius 3 is 2.70 bits per heavy atom. The summed E-state index contributed by atoms with van der Waals surface area (Å²) in [7, 11) is 0. The molecule has 100 valence electrons. The van der Waals surface area contributed by atoms with Crippen LogP contribution in [0.3, 0.4) is 0 Å². The van der Waals surface area contributed by atoms with Gasteiger partial charge in [-0.15, -0.1) is 11.3 Å². The van der Waals surface area contributed by atoms with Crippen molar-refractivity contribution in [3.8, 4) is 6.07 Å². The number of hydrogen-bond acceptors (Lipinski definition) is 3. The highest BCUT2D eigenvalue weighted by Crippen LogP contribution is 2.41. The Balaban J connectivity index is 2.43. The van der Waals surface area contributed by atoms with Gasteiger partial charge in [0.1, 0.15) is 11.2 Å². The zero-order chi connectivity index (χ0) is 14.5. The van der Waals surface area contributed by atoms with Crippen LogP contribution in [0.1, 0.15) is 11.1 Å². The molecule has 1 aromatic carbocycles. The van der Waals surface area contributed by atoms with Gasteiger partial charge < -0.3 is 0 Å². The van der Waals surface area contributed by atoms with E-state index in [0.29, 0.717) is 25.7 Å². The SMILES string of the molecule is N#Cc1cnc(Cl)c2c1sc1cc(C(F)(F)F)ccc12. The van der Waals surface area contributed by atoms with Gasteiger partial charge in [-0.1, -0.05) is 17.7 Å². The number of benzene rings is 1. The van der Waals surface area contributed by atoms with Crippen LogP contribution in [0, 0.1) is 11.3 Å². The van der Waals surface area contributed by atoms with Crippen LogP contribution < -0.4 is 0 Å². The molecule has 0 fully saturated rings. The quantitative estimate of drug-likeness (QED) is 0.548. The molecule has 0 unspecified atom stereocenters. The molecule has 0 aliphatic rings. The Kier molecular flexibility index (Phi) is 2.85. The second kappa shape index (κ2) is 4.33. The summed E-state index contributed by atoms with van der Waals surface area (Å²) in [6, 6.07) is 5.41. The van der Waals surface area contributed by atoms with Gasteiger partial charge >= 0.3 is 6.18 Å². The van der Waals surface area contributed by atoms with Crippen LogP contribution in [-0.4, -0.2) is 4.98 Å². The van der Waals surface area contributed by atoms with E-state index in [1.807, 2.05) is 6.07 Å². The third-order valence-electron chi connectivity index (χ3n) is 2.90. The summed E-state index contributed by atoms with van der Waals surface area (Å²) in [6.45, 7) is 0. The first-order valence-electron chi connectivity index (χ1n) is 5.40. The second-order valence-corrected chi connectivity index (χ2v) is 5.50. The Morgan fingerprint density at radius 1 is 1.30 bits per heavy atom. The molecule has 2 aromatic heterocycles. The molecule has 20 heavy (non-hydrogen) atoms. The van der Waals surface area contributed by atoms with Gasteiger partial charge in [0.15, 0.2) is 0 Å². The molecule has 0 radical (unpaired) electrons. The lowest BCUT2D eigenvalue weighted by Gasteiger charge is -2.05. The normalized spacial score (nSPS) is 11.9. The fourth-order valence-electron chi connectivity index (χ4n) is 1.99. The maximum Gasteiger partial charge on any atom is 0.416 e. The van der Waals surface area contributed by atoms with E-state index >= 15 is 0 Å². The average molecular weight is 313 g/mol. The van der Waals surface area contributed by atoms with E-state index in [1.54, 1.807) is 0 Å². The maximum atomic E-state index is 12.7. The number of fused-ring (bicyclic) bond motifs is 3. The van der Waals surface area contributed by atoms with Crippen molar-refractivity contribution in [2.75, 3.05) is 0 Å². The van der Waals surface area contributed by atoms with Crippen molar-refractivity contribution in [2.45, 2.75) is 6.18 Å². The first-order chi connectivity index (χ1) is 9.41. The Labute approximate surface area is 120 Å². The highest BCUT2D eigenvalue weighted by Gasteiger charge is 2.31. The fraction of sp³-hybridized carbons (Fsp3) is 0.0769. The average Bonchev–Trinajstić information content (AvgIpc) is 2.77. The van der Waals surface area contributed by atoms with Gasteiger partial charge in [-0.25, -0.2) is 4.98 Å². The zero-order valence-electron chi connectivity index (χ0n) is 9.62. The molecule has 0 atom stereocenters. The van der Waals surface area contributed by atoms with E-state index in [1.165, 1.54) is 12.3 Å². The molecule has 0 aliphatic heterocycles. The molecular weight excluding hydrogens is 309 g/mol. The molecule has 7 heteroatoms. The van der Waals surface area contributed by atoms with Crippen LogP contribution >= 0.6 is 22.9 Å². The predicted octanol–water partition coefficient (Wildman–Crippen LogP) is 4.99. The number of alkyl halides is 3. The van der Waals surface area contributed by atoms with Gasteiger partial charge in [0.05, 0.1) is 15.8 Å². The number of aromatic nitrogens is 1. The smallest absolute Gasteiger partial charge is 0.242 e. The van der Waals surface area contributed by atoms with Gasteiger partial charge in [0.25, 0.3) is 0 Å². The van der Waals surface area contributed by atoms with Crippen molar-refractivity contribution in [1.29, 1.82) is 5.26 Å². The number of nitriles is 1. The molecule has 0 amide bonds. The minimum atomic E-state index is -4.40. The number of halogens is 4. The van der Waals surface area contributed by atoms with Crippen LogP contribution in [0.2, 0.25) is 5.15 Å². The minimum absolute atomic E-state index is 0.185. The van der Waals surface area contributed by atoms with Crippen molar-refractivity contribution >= 4 is 43.1 Å². The number of thiophene rings is 1. The van der Waals surface area contributed by atoms with Gasteiger partial charge in [0, 0.05) is 21.7 Å². The third kappa shape index (κ3) is 1.90. The molecule has 0 saturated heterocycles. The molecule has 2 heterocycles. The molecule has 3 aromatic rings. The van der Waals surface area contributed by atoms with E-state index in [2.05, 4.69) is 4.98 Å². The standard InChI is InChI=1S/C13H4ClF3N2S/c14-12-10-8-2-1-7(13(15,16)17)3-9(8)20-11(10)6(4-18)5-19-12/h1-3,5H. The Bertz CT molecular complexity index is 877. The van der Waals surface area contributed by atoms with Crippen molar-refractivity contribution in [2.24, 2.45) is 0 Å². The molecular formula is C13H4ClF3N2S. The predicted molar refractivity (Wildman–Crippen MR) is 71.9 cm³/mol. The van der Waals surface area contributed by atoms with Gasteiger partial charge in [-0.2, -0.15) is 18.4 Å². The molecule has 0 spiro atoms. The van der Waals surface area contributed by atoms with Gasteiger partial charge in [0.2, 0.25) is 0 Å². The van der Waals surface area contributed by atoms with E-state index in [0.717, 1.165) is 23.5 Å². The van der Waals surface area contributed by atoms with Crippen LogP contribution in [0.4, 0.5) is 13.2 Å². The fourth-order valence-corrected chi connectivity index (χ4v) is 3.50. The highest BCUT2D eigenvalue weighted by molar-refractivity contribution is 7.26. The van der Waals surface area contributed by atoms with Crippen molar-refractivity contribution in [1.82, 2.24) is 4.98 Å². The molecule has 0 saturated carbocycles. The Morgan fingerprint density at radius 2 is 2.05 bits per heavy atom. The van der Waals surface area contributed by atoms with E-state index < -0.39 is 11.7 Å². The van der Waals surface area contributed by atoms with E-state index in [9.17, 15) is 13.2 Å². The van der Waals surface area contributed by atoms with Crippen LogP contribution in [-0.2, 0) is 6.18 Å². The van der Waals surface area contributed by atoms with Crippen LogP contribution in [0.5, 0.6) is 0 Å². The summed E-state index contributed by atoms with van der Waals surface area (Å²) in [5.74, 6) is 0. The lowest BCUT2D eigenvalue weighted by molar-refractivity contribution is -0.137. The minimum Gasteiger partial charge on any atom is -0.242 e. The zero-order valence-corrected chi connectivity index (χ0v) is 11.2. The van der Waals surface area contributed by atoms with Crippen molar-refractivity contribution in [3.05, 3.63) is 40.7 Å². The van der Waals surface area contributed by atoms with E-state index in [-0.39, 0.29) is 5.15 Å². The monoisotopic (exact) mass is 312 g/mol. The number of pyridine rings is 1. The lowest BCUT2D eigenvalue weighted by Crippen LogP contribution is -2.03. The summed E-state index contributed by atoms with van der Waals surface area (Å²) in [6.07, 6.45) is -3.07. The number of nitrogens with zero attached hydrogens (tertiary/aromatic N) is 2. The summed E-state index contributed by atoms with van der Waals surface area (Å²) in [4.78, 5) is 3.90. The lowest BCUT2D eigenvalue weighted by atomic mass is 10.1. The number of rotatable bonds is 0. The van der Waals surface area contributed by atoms with Crippen LogP contribution in [0.15, 0.2) is 24.4 Å². The van der Waals surface area contributed by atoms with Gasteiger partial charge in [-0.05, 0) is 12.1 Å². The number of hydrogen-bond donors (Lipinski definition) is 0.